The smallest absolute Gasteiger partial charge is 0.410 e. The number of fused-ring (bicyclic) bond motifs is 2. The van der Waals surface area contributed by atoms with Crippen LogP contribution in [-0.4, -0.2) is 74.3 Å². The van der Waals surface area contributed by atoms with Gasteiger partial charge in [0.15, 0.2) is 0 Å². The van der Waals surface area contributed by atoms with Crippen molar-refractivity contribution in [2.45, 2.75) is 57.8 Å². The molecule has 2 atom stereocenters. The third-order valence-corrected chi connectivity index (χ3v) is 5.84. The van der Waals surface area contributed by atoms with Gasteiger partial charge in [0, 0.05) is 31.9 Å². The Morgan fingerprint density at radius 3 is 2.50 bits per heavy atom. The van der Waals surface area contributed by atoms with E-state index >= 15 is 0 Å². The van der Waals surface area contributed by atoms with Gasteiger partial charge in [0.25, 0.3) is 0 Å². The average Bonchev–Trinajstić information content (AvgIpc) is 3.41. The van der Waals surface area contributed by atoms with E-state index in [1.807, 2.05) is 30.6 Å². The molecule has 2 bridgehead atoms. The molecule has 2 aromatic rings. The van der Waals surface area contributed by atoms with Crippen molar-refractivity contribution in [2.75, 3.05) is 25.5 Å². The normalized spacial score (nSPS) is 20.7. The molecule has 2 aliphatic heterocycles. The Morgan fingerprint density at radius 2 is 1.97 bits per heavy atom. The Morgan fingerprint density at radius 1 is 1.31 bits per heavy atom. The maximum Gasteiger partial charge on any atom is 0.410 e. The second-order valence-corrected chi connectivity index (χ2v) is 9.23. The minimum absolute atomic E-state index is 0.00956. The molecule has 9 nitrogen and oxygen atoms in total. The fourth-order valence-corrected chi connectivity index (χ4v) is 4.45. The number of nitrogens with zero attached hydrogens (tertiary/aromatic N) is 4. The molecule has 2 saturated heterocycles. The predicted molar refractivity (Wildman–Crippen MR) is 116 cm³/mol. The minimum atomic E-state index is -2.71. The summed E-state index contributed by atoms with van der Waals surface area (Å²) >= 11 is 0. The van der Waals surface area contributed by atoms with Crippen molar-refractivity contribution in [3.8, 4) is 11.3 Å². The van der Waals surface area contributed by atoms with Crippen molar-refractivity contribution in [1.29, 1.82) is 5.41 Å². The standard InChI is InChI=1S/C21H29F2N7O2/c1-21(2,3)32-20(31)30-13-5-6-14(30)11-28(10-13)17(24)15-7-16(27-18(15)25-4)12-8-26-29(9-12)19(22)23/h7-9,13-14,19,24-25,27H,5-6,10-11H2,1-4H3. The number of H-pyrrole nitrogens is 1. The van der Waals surface area contributed by atoms with Gasteiger partial charge >= 0.3 is 12.6 Å². The molecule has 2 unspecified atom stereocenters. The number of hydrogen-bond acceptors (Lipinski definition) is 5. The van der Waals surface area contributed by atoms with Gasteiger partial charge in [-0.05, 0) is 39.7 Å². The van der Waals surface area contributed by atoms with Crippen LogP contribution in [-0.2, 0) is 4.74 Å². The number of amidine groups is 1. The molecule has 4 rings (SSSR count). The summed E-state index contributed by atoms with van der Waals surface area (Å²) in [6.45, 7) is 3.94. The number of carbonyl (C=O) groups is 1. The number of amides is 1. The molecule has 0 aromatic carbocycles. The number of anilines is 1. The number of rotatable bonds is 4. The fourth-order valence-electron chi connectivity index (χ4n) is 4.45. The molecule has 0 aliphatic carbocycles. The van der Waals surface area contributed by atoms with Crippen molar-refractivity contribution < 1.29 is 18.3 Å². The number of ether oxygens (including phenoxy) is 1. The molecule has 2 aromatic heterocycles. The topological polar surface area (TPSA) is 102 Å². The molecule has 32 heavy (non-hydrogen) atoms. The van der Waals surface area contributed by atoms with Crippen molar-refractivity contribution in [2.24, 2.45) is 0 Å². The van der Waals surface area contributed by atoms with Gasteiger partial charge in [0.05, 0.1) is 29.5 Å². The van der Waals surface area contributed by atoms with Crippen LogP contribution in [0.1, 0.15) is 45.7 Å². The lowest BCUT2D eigenvalue weighted by molar-refractivity contribution is 0.00278. The van der Waals surface area contributed by atoms with Gasteiger partial charge in [-0.3, -0.25) is 10.3 Å². The van der Waals surface area contributed by atoms with Crippen molar-refractivity contribution in [3.05, 3.63) is 24.0 Å². The fraction of sp³-hybridized carbons (Fsp3) is 0.571. The molecule has 0 radical (unpaired) electrons. The first-order valence-electron chi connectivity index (χ1n) is 10.7. The van der Waals surface area contributed by atoms with Gasteiger partial charge < -0.3 is 19.9 Å². The lowest BCUT2D eigenvalue weighted by Gasteiger charge is -2.42. The molecule has 2 aliphatic rings. The lowest BCUT2D eigenvalue weighted by atomic mass is 10.1. The van der Waals surface area contributed by atoms with E-state index in [4.69, 9.17) is 10.1 Å². The first-order valence-corrected chi connectivity index (χ1v) is 10.7. The zero-order valence-corrected chi connectivity index (χ0v) is 18.7. The molecule has 174 valence electrons. The first-order chi connectivity index (χ1) is 15.1. The van der Waals surface area contributed by atoms with E-state index in [1.165, 1.54) is 12.4 Å². The van der Waals surface area contributed by atoms with E-state index in [9.17, 15) is 13.6 Å². The highest BCUT2D eigenvalue weighted by Crippen LogP contribution is 2.34. The summed E-state index contributed by atoms with van der Waals surface area (Å²) in [5.41, 5.74) is 1.19. The number of nitrogens with one attached hydrogen (secondary N) is 3. The number of likely N-dealkylation sites (tertiary alicyclic amines) is 1. The van der Waals surface area contributed by atoms with Crippen LogP contribution in [0.3, 0.4) is 0 Å². The SMILES string of the molecule is CNc1[nH]c(-c2cnn(C(F)F)c2)cc1C(=N)N1CC2CCC(C1)N2C(=O)OC(C)(C)C. The molecule has 0 spiro atoms. The van der Waals surface area contributed by atoms with E-state index in [1.54, 1.807) is 13.1 Å². The van der Waals surface area contributed by atoms with Crippen LogP contribution in [0.5, 0.6) is 0 Å². The van der Waals surface area contributed by atoms with Crippen LogP contribution in [0.25, 0.3) is 11.3 Å². The zero-order chi connectivity index (χ0) is 23.2. The van der Waals surface area contributed by atoms with Crippen molar-refractivity contribution in [3.63, 3.8) is 0 Å². The summed E-state index contributed by atoms with van der Waals surface area (Å²) in [4.78, 5) is 19.6. The molecular weight excluding hydrogens is 420 g/mol. The summed E-state index contributed by atoms with van der Waals surface area (Å²) in [6, 6.07) is 1.75. The highest BCUT2D eigenvalue weighted by molar-refractivity contribution is 6.02. The van der Waals surface area contributed by atoms with Gasteiger partial charge in [-0.15, -0.1) is 0 Å². The highest BCUT2D eigenvalue weighted by Gasteiger charge is 2.45. The number of hydrogen-bond donors (Lipinski definition) is 3. The van der Waals surface area contributed by atoms with Crippen LogP contribution in [0.4, 0.5) is 19.4 Å². The Hall–Kier alpha value is -3.11. The monoisotopic (exact) mass is 449 g/mol. The maximum atomic E-state index is 12.9. The molecule has 0 saturated carbocycles. The Bertz CT molecular complexity index is 996. The lowest BCUT2D eigenvalue weighted by Crippen LogP contribution is -2.57. The van der Waals surface area contributed by atoms with Crippen LogP contribution < -0.4 is 5.32 Å². The molecule has 2 fully saturated rings. The average molecular weight is 450 g/mol. The summed E-state index contributed by atoms with van der Waals surface area (Å²) < 4.78 is 31.9. The summed E-state index contributed by atoms with van der Waals surface area (Å²) in [7, 11) is 1.74. The van der Waals surface area contributed by atoms with Gasteiger partial charge in [0.2, 0.25) is 0 Å². The number of carbonyl (C=O) groups excluding carboxylic acids is 1. The second kappa shape index (κ2) is 8.10. The van der Waals surface area contributed by atoms with Crippen LogP contribution in [0.15, 0.2) is 18.5 Å². The Kier molecular flexibility index (Phi) is 5.59. The molecule has 11 heteroatoms. The Labute approximate surface area is 185 Å². The maximum absolute atomic E-state index is 12.9. The van der Waals surface area contributed by atoms with E-state index in [-0.39, 0.29) is 18.2 Å². The van der Waals surface area contributed by atoms with Gasteiger partial charge in [0.1, 0.15) is 17.3 Å². The Balaban J connectivity index is 1.52. The summed E-state index contributed by atoms with van der Waals surface area (Å²) in [5.74, 6) is 0.940. The van der Waals surface area contributed by atoms with E-state index < -0.39 is 12.2 Å². The predicted octanol–water partition coefficient (Wildman–Crippen LogP) is 3.72. The third kappa shape index (κ3) is 4.15. The van der Waals surface area contributed by atoms with Crippen LogP contribution >= 0.6 is 0 Å². The van der Waals surface area contributed by atoms with Crippen LogP contribution in [0.2, 0.25) is 0 Å². The minimum Gasteiger partial charge on any atom is -0.444 e. The summed E-state index contributed by atoms with van der Waals surface area (Å²) in [5, 5.41) is 15.6. The van der Waals surface area contributed by atoms with E-state index in [0.29, 0.717) is 46.2 Å². The zero-order valence-electron chi connectivity index (χ0n) is 18.7. The van der Waals surface area contributed by atoms with Crippen molar-refractivity contribution in [1.82, 2.24) is 24.6 Å². The number of aromatic amines is 1. The van der Waals surface area contributed by atoms with Crippen molar-refractivity contribution >= 4 is 17.7 Å². The second-order valence-electron chi connectivity index (χ2n) is 9.23. The molecule has 3 N–H and O–H groups in total. The number of alkyl halides is 2. The number of aromatic nitrogens is 3. The third-order valence-electron chi connectivity index (χ3n) is 5.84. The number of piperazine rings is 1. The van der Waals surface area contributed by atoms with E-state index in [0.717, 1.165) is 12.8 Å². The molecule has 4 heterocycles. The number of halogens is 2. The molecule has 1 amide bonds. The largest absolute Gasteiger partial charge is 0.444 e. The van der Waals surface area contributed by atoms with Gasteiger partial charge in [-0.1, -0.05) is 0 Å². The summed E-state index contributed by atoms with van der Waals surface area (Å²) in [6.07, 6.45) is 4.08. The van der Waals surface area contributed by atoms with E-state index in [2.05, 4.69) is 15.4 Å². The highest BCUT2D eigenvalue weighted by atomic mass is 19.3. The van der Waals surface area contributed by atoms with Gasteiger partial charge in [-0.2, -0.15) is 13.9 Å². The first kappa shape index (κ1) is 22.1. The van der Waals surface area contributed by atoms with Gasteiger partial charge in [-0.25, -0.2) is 9.48 Å². The quantitative estimate of drug-likeness (QED) is 0.488. The van der Waals surface area contributed by atoms with Crippen LogP contribution in [0, 0.1) is 5.41 Å². The molecular formula is C21H29F2N7O2.